The van der Waals surface area contributed by atoms with Crippen molar-refractivity contribution < 1.29 is 9.90 Å². The highest BCUT2D eigenvalue weighted by Crippen LogP contribution is 2.13. The van der Waals surface area contributed by atoms with Gasteiger partial charge in [0.15, 0.2) is 0 Å². The van der Waals surface area contributed by atoms with E-state index in [0.717, 1.165) is 5.01 Å². The lowest BCUT2D eigenvalue weighted by molar-refractivity contribution is 0.0702. The summed E-state index contributed by atoms with van der Waals surface area (Å²) in [5.41, 5.74) is 0. The van der Waals surface area contributed by atoms with Gasteiger partial charge in [-0.05, 0) is 0 Å². The SMILES string of the molecule is O=C(O)c1cnc(Cn2ccnc2)s1. The van der Waals surface area contributed by atoms with Crippen molar-refractivity contribution in [1.29, 1.82) is 0 Å². The molecule has 72 valence electrons. The standard InChI is InChI=1S/C8H7N3O2S/c12-8(13)6-3-10-7(14-6)4-11-2-1-9-5-11/h1-3,5H,4H2,(H,12,13). The Labute approximate surface area is 83.7 Å². The van der Waals surface area contributed by atoms with Crippen molar-refractivity contribution in [2.24, 2.45) is 0 Å². The molecule has 0 aliphatic heterocycles. The fraction of sp³-hybridized carbons (Fsp3) is 0.125. The fourth-order valence-electron chi connectivity index (χ4n) is 1.02. The van der Waals surface area contributed by atoms with Gasteiger partial charge < -0.3 is 9.67 Å². The molecule has 2 heterocycles. The Kier molecular flexibility index (Phi) is 2.28. The molecule has 0 aromatic carbocycles. The van der Waals surface area contributed by atoms with E-state index >= 15 is 0 Å². The molecule has 0 bridgehead atoms. The van der Waals surface area contributed by atoms with Gasteiger partial charge in [0, 0.05) is 12.4 Å². The van der Waals surface area contributed by atoms with Crippen LogP contribution in [-0.4, -0.2) is 25.6 Å². The number of hydrogen-bond acceptors (Lipinski definition) is 4. The molecule has 14 heavy (non-hydrogen) atoms. The minimum atomic E-state index is -0.931. The van der Waals surface area contributed by atoms with Crippen LogP contribution in [0.1, 0.15) is 14.7 Å². The summed E-state index contributed by atoms with van der Waals surface area (Å²) in [6, 6.07) is 0. The van der Waals surface area contributed by atoms with Gasteiger partial charge in [-0.1, -0.05) is 0 Å². The molecule has 2 rings (SSSR count). The van der Waals surface area contributed by atoms with Gasteiger partial charge >= 0.3 is 5.97 Å². The number of hydrogen-bond donors (Lipinski definition) is 1. The molecule has 0 aliphatic carbocycles. The first-order chi connectivity index (χ1) is 6.75. The molecule has 0 aliphatic rings. The molecule has 2 aromatic heterocycles. The third-order valence-electron chi connectivity index (χ3n) is 1.64. The number of thiazole rings is 1. The Bertz CT molecular complexity index is 435. The molecule has 6 heteroatoms. The molecule has 2 aromatic rings. The van der Waals surface area contributed by atoms with E-state index in [4.69, 9.17) is 5.11 Å². The summed E-state index contributed by atoms with van der Waals surface area (Å²) in [6.45, 7) is 0.567. The Balaban J connectivity index is 2.14. The van der Waals surface area contributed by atoms with Crippen LogP contribution in [0.4, 0.5) is 0 Å². The highest BCUT2D eigenvalue weighted by Gasteiger charge is 2.08. The molecular weight excluding hydrogens is 202 g/mol. The molecule has 0 fully saturated rings. The summed E-state index contributed by atoms with van der Waals surface area (Å²) in [5, 5.41) is 9.44. The van der Waals surface area contributed by atoms with E-state index in [9.17, 15) is 4.79 Å². The number of aromatic carboxylic acids is 1. The van der Waals surface area contributed by atoms with Crippen LogP contribution >= 0.6 is 11.3 Å². The maximum absolute atomic E-state index is 10.6. The molecule has 1 N–H and O–H groups in total. The number of carbonyl (C=O) groups is 1. The number of imidazole rings is 1. The van der Waals surface area contributed by atoms with Gasteiger partial charge in [0.05, 0.1) is 19.1 Å². The minimum Gasteiger partial charge on any atom is -0.477 e. The molecule has 0 atom stereocenters. The van der Waals surface area contributed by atoms with E-state index in [1.807, 2.05) is 10.8 Å². The average Bonchev–Trinajstić information content (AvgIpc) is 2.75. The van der Waals surface area contributed by atoms with Gasteiger partial charge in [-0.25, -0.2) is 14.8 Å². The van der Waals surface area contributed by atoms with Crippen molar-refractivity contribution in [2.75, 3.05) is 0 Å². The zero-order chi connectivity index (χ0) is 9.97. The van der Waals surface area contributed by atoms with Crippen molar-refractivity contribution in [3.05, 3.63) is 34.8 Å². The monoisotopic (exact) mass is 209 g/mol. The molecule has 0 saturated heterocycles. The van der Waals surface area contributed by atoms with E-state index in [2.05, 4.69) is 9.97 Å². The molecule has 5 nitrogen and oxygen atoms in total. The lowest BCUT2D eigenvalue weighted by Gasteiger charge is -1.95. The van der Waals surface area contributed by atoms with Gasteiger partial charge in [0.2, 0.25) is 0 Å². The maximum atomic E-state index is 10.6. The predicted molar refractivity (Wildman–Crippen MR) is 50.4 cm³/mol. The lowest BCUT2D eigenvalue weighted by atomic mass is 10.6. The number of carboxylic acid groups (broad SMARTS) is 1. The van der Waals surface area contributed by atoms with E-state index in [1.165, 1.54) is 17.5 Å². The molecular formula is C8H7N3O2S. The zero-order valence-corrected chi connectivity index (χ0v) is 7.94. The van der Waals surface area contributed by atoms with Crippen molar-refractivity contribution in [3.63, 3.8) is 0 Å². The zero-order valence-electron chi connectivity index (χ0n) is 7.12. The van der Waals surface area contributed by atoms with Crippen molar-refractivity contribution >= 4 is 17.3 Å². The van der Waals surface area contributed by atoms with Crippen LogP contribution in [0.5, 0.6) is 0 Å². The lowest BCUT2D eigenvalue weighted by Crippen LogP contribution is -1.94. The fourth-order valence-corrected chi connectivity index (χ4v) is 1.78. The summed E-state index contributed by atoms with van der Waals surface area (Å²) in [6.07, 6.45) is 6.52. The first-order valence-electron chi connectivity index (χ1n) is 3.89. The molecule has 0 amide bonds. The van der Waals surface area contributed by atoms with Crippen LogP contribution in [0.15, 0.2) is 24.9 Å². The summed E-state index contributed by atoms with van der Waals surface area (Å²) in [4.78, 5) is 18.7. The average molecular weight is 209 g/mol. The quantitative estimate of drug-likeness (QED) is 0.821. The second-order valence-electron chi connectivity index (χ2n) is 2.66. The number of nitrogens with zero attached hydrogens (tertiary/aromatic N) is 3. The first-order valence-corrected chi connectivity index (χ1v) is 4.71. The topological polar surface area (TPSA) is 68.0 Å². The summed E-state index contributed by atoms with van der Waals surface area (Å²) in [7, 11) is 0. The van der Waals surface area contributed by atoms with Crippen LogP contribution in [0.25, 0.3) is 0 Å². The van der Waals surface area contributed by atoms with E-state index < -0.39 is 5.97 Å². The van der Waals surface area contributed by atoms with Crippen LogP contribution in [-0.2, 0) is 6.54 Å². The van der Waals surface area contributed by atoms with Gasteiger partial charge in [-0.15, -0.1) is 11.3 Å². The van der Waals surface area contributed by atoms with Crippen LogP contribution < -0.4 is 0 Å². The predicted octanol–water partition coefficient (Wildman–Crippen LogP) is 1.09. The van der Waals surface area contributed by atoms with Crippen molar-refractivity contribution in [3.8, 4) is 0 Å². The summed E-state index contributed by atoms with van der Waals surface area (Å²) in [5.74, 6) is -0.931. The molecule has 0 unspecified atom stereocenters. The van der Waals surface area contributed by atoms with Gasteiger partial charge in [-0.2, -0.15) is 0 Å². The van der Waals surface area contributed by atoms with E-state index in [1.54, 1.807) is 12.5 Å². The van der Waals surface area contributed by atoms with Crippen LogP contribution in [0.3, 0.4) is 0 Å². The second-order valence-corrected chi connectivity index (χ2v) is 3.77. The smallest absolute Gasteiger partial charge is 0.347 e. The largest absolute Gasteiger partial charge is 0.477 e. The minimum absolute atomic E-state index is 0.264. The Morgan fingerprint density at radius 2 is 2.50 bits per heavy atom. The number of carboxylic acids is 1. The summed E-state index contributed by atoms with van der Waals surface area (Å²) < 4.78 is 1.84. The van der Waals surface area contributed by atoms with Gasteiger partial charge in [0.1, 0.15) is 9.88 Å². The summed E-state index contributed by atoms with van der Waals surface area (Å²) >= 11 is 1.18. The highest BCUT2D eigenvalue weighted by molar-refractivity contribution is 7.13. The number of aromatic nitrogens is 3. The second kappa shape index (κ2) is 3.59. The van der Waals surface area contributed by atoms with Crippen molar-refractivity contribution in [1.82, 2.24) is 14.5 Å². The Hall–Kier alpha value is -1.69. The Morgan fingerprint density at radius 1 is 1.64 bits per heavy atom. The molecule has 0 radical (unpaired) electrons. The Morgan fingerprint density at radius 3 is 3.07 bits per heavy atom. The third-order valence-corrected chi connectivity index (χ3v) is 2.61. The third kappa shape index (κ3) is 1.80. The molecule has 0 saturated carbocycles. The van der Waals surface area contributed by atoms with Crippen molar-refractivity contribution in [2.45, 2.75) is 6.54 Å². The maximum Gasteiger partial charge on any atom is 0.347 e. The molecule has 0 spiro atoms. The van der Waals surface area contributed by atoms with E-state index in [0.29, 0.717) is 6.54 Å². The van der Waals surface area contributed by atoms with Crippen LogP contribution in [0.2, 0.25) is 0 Å². The first kappa shape index (κ1) is 8.89. The normalized spacial score (nSPS) is 10.3. The highest BCUT2D eigenvalue weighted by atomic mass is 32.1. The van der Waals surface area contributed by atoms with Gasteiger partial charge in [-0.3, -0.25) is 0 Å². The van der Waals surface area contributed by atoms with Gasteiger partial charge in [0.25, 0.3) is 0 Å². The number of rotatable bonds is 3. The van der Waals surface area contributed by atoms with Crippen LogP contribution in [0, 0.1) is 0 Å². The van der Waals surface area contributed by atoms with E-state index in [-0.39, 0.29) is 4.88 Å².